The molecule has 0 aliphatic heterocycles. The standard InChI is InChI=1S/C15H17Cl2N3O4/c16-8-5-10(13(18)11(17)6-8)14(22)24-7-12(21)20-15(23)19-9-3-1-2-4-9/h5-6,9H,1-4,7,18H2,(H2,19,20,21,23). The number of carbonyl (C=O) groups is 3. The maximum atomic E-state index is 11.9. The predicted octanol–water partition coefficient (Wildman–Crippen LogP) is 2.50. The molecule has 0 saturated heterocycles. The molecule has 1 aromatic carbocycles. The Morgan fingerprint density at radius 3 is 2.54 bits per heavy atom. The molecule has 1 saturated carbocycles. The van der Waals surface area contributed by atoms with Crippen molar-refractivity contribution in [1.29, 1.82) is 0 Å². The highest BCUT2D eigenvalue weighted by Crippen LogP contribution is 2.28. The molecule has 0 radical (unpaired) electrons. The zero-order valence-electron chi connectivity index (χ0n) is 12.7. The number of hydrogen-bond donors (Lipinski definition) is 3. The van der Waals surface area contributed by atoms with Gasteiger partial charge in [0, 0.05) is 11.1 Å². The van der Waals surface area contributed by atoms with Gasteiger partial charge >= 0.3 is 12.0 Å². The second-order valence-electron chi connectivity index (χ2n) is 5.43. The maximum Gasteiger partial charge on any atom is 0.340 e. The summed E-state index contributed by atoms with van der Waals surface area (Å²) in [5.74, 6) is -1.60. The molecule has 0 spiro atoms. The number of rotatable bonds is 4. The molecule has 0 unspecified atom stereocenters. The minimum Gasteiger partial charge on any atom is -0.452 e. The summed E-state index contributed by atoms with van der Waals surface area (Å²) in [7, 11) is 0. The molecule has 1 aromatic rings. The smallest absolute Gasteiger partial charge is 0.340 e. The molecule has 9 heteroatoms. The molecule has 1 aliphatic carbocycles. The minimum absolute atomic E-state index is 0.00505. The third-order valence-electron chi connectivity index (χ3n) is 3.59. The lowest BCUT2D eigenvalue weighted by Crippen LogP contribution is -2.45. The van der Waals surface area contributed by atoms with Gasteiger partial charge in [-0.05, 0) is 25.0 Å². The molecule has 7 nitrogen and oxygen atoms in total. The number of anilines is 1. The molecule has 0 heterocycles. The fourth-order valence-electron chi connectivity index (χ4n) is 2.42. The number of hydrogen-bond acceptors (Lipinski definition) is 5. The Labute approximate surface area is 148 Å². The third kappa shape index (κ3) is 5.01. The maximum absolute atomic E-state index is 11.9. The summed E-state index contributed by atoms with van der Waals surface area (Å²) in [5, 5.41) is 5.10. The Kier molecular flexibility index (Phi) is 6.28. The molecule has 130 valence electrons. The molecular weight excluding hydrogens is 357 g/mol. The van der Waals surface area contributed by atoms with Crippen molar-refractivity contribution < 1.29 is 19.1 Å². The molecular formula is C15H17Cl2N3O4. The topological polar surface area (TPSA) is 111 Å². The zero-order valence-corrected chi connectivity index (χ0v) is 14.2. The summed E-state index contributed by atoms with van der Waals surface area (Å²) in [5.41, 5.74) is 5.63. The van der Waals surface area contributed by atoms with E-state index in [0.29, 0.717) is 0 Å². The third-order valence-corrected chi connectivity index (χ3v) is 4.12. The van der Waals surface area contributed by atoms with E-state index in [1.165, 1.54) is 12.1 Å². The number of imide groups is 1. The van der Waals surface area contributed by atoms with Crippen molar-refractivity contribution in [2.75, 3.05) is 12.3 Å². The monoisotopic (exact) mass is 373 g/mol. The van der Waals surface area contributed by atoms with Crippen LogP contribution in [0.2, 0.25) is 10.0 Å². The first-order valence-corrected chi connectivity index (χ1v) is 8.14. The number of nitrogen functional groups attached to an aromatic ring is 1. The number of nitrogens with two attached hydrogens (primary N) is 1. The fourth-order valence-corrected chi connectivity index (χ4v) is 2.91. The number of esters is 1. The van der Waals surface area contributed by atoms with Gasteiger partial charge in [-0.3, -0.25) is 10.1 Å². The van der Waals surface area contributed by atoms with Gasteiger partial charge in [0.15, 0.2) is 6.61 Å². The molecule has 24 heavy (non-hydrogen) atoms. The Morgan fingerprint density at radius 2 is 1.88 bits per heavy atom. The second kappa shape index (κ2) is 8.21. The van der Waals surface area contributed by atoms with Gasteiger partial charge in [0.05, 0.1) is 16.3 Å². The van der Waals surface area contributed by atoms with Crippen molar-refractivity contribution in [2.24, 2.45) is 0 Å². The van der Waals surface area contributed by atoms with E-state index in [4.69, 9.17) is 33.7 Å². The van der Waals surface area contributed by atoms with Crippen LogP contribution >= 0.6 is 23.2 Å². The Bertz CT molecular complexity index is 660. The second-order valence-corrected chi connectivity index (χ2v) is 6.27. The molecule has 1 aliphatic rings. The van der Waals surface area contributed by atoms with Crippen LogP contribution in [0.25, 0.3) is 0 Å². The number of nitrogens with one attached hydrogen (secondary N) is 2. The van der Waals surface area contributed by atoms with Gasteiger partial charge in [-0.25, -0.2) is 9.59 Å². The molecule has 4 N–H and O–H groups in total. The first kappa shape index (κ1) is 18.4. The number of benzene rings is 1. The highest BCUT2D eigenvalue weighted by atomic mass is 35.5. The van der Waals surface area contributed by atoms with Gasteiger partial charge in [0.25, 0.3) is 5.91 Å². The molecule has 3 amide bonds. The Balaban J connectivity index is 1.83. The van der Waals surface area contributed by atoms with Crippen LogP contribution in [0.5, 0.6) is 0 Å². The summed E-state index contributed by atoms with van der Waals surface area (Å²) in [6.45, 7) is -0.625. The number of urea groups is 1. The van der Waals surface area contributed by atoms with E-state index >= 15 is 0 Å². The predicted molar refractivity (Wildman–Crippen MR) is 90.1 cm³/mol. The van der Waals surface area contributed by atoms with Gasteiger partial charge < -0.3 is 15.8 Å². The normalized spacial score (nSPS) is 14.2. The number of amides is 3. The number of ether oxygens (including phenoxy) is 1. The van der Waals surface area contributed by atoms with Gasteiger partial charge in [-0.2, -0.15) is 0 Å². The fraction of sp³-hybridized carbons (Fsp3) is 0.400. The van der Waals surface area contributed by atoms with Crippen LogP contribution in [0, 0.1) is 0 Å². The van der Waals surface area contributed by atoms with Crippen LogP contribution < -0.4 is 16.4 Å². The SMILES string of the molecule is Nc1c(Cl)cc(Cl)cc1C(=O)OCC(=O)NC(=O)NC1CCCC1. The van der Waals surface area contributed by atoms with Crippen molar-refractivity contribution >= 4 is 46.8 Å². The Morgan fingerprint density at radius 1 is 1.21 bits per heavy atom. The van der Waals surface area contributed by atoms with E-state index in [1.54, 1.807) is 0 Å². The van der Waals surface area contributed by atoms with E-state index < -0.39 is 24.5 Å². The van der Waals surface area contributed by atoms with Crippen LogP contribution in [0.1, 0.15) is 36.0 Å². The van der Waals surface area contributed by atoms with Gasteiger partial charge in [-0.15, -0.1) is 0 Å². The highest BCUT2D eigenvalue weighted by Gasteiger charge is 2.20. The molecule has 2 rings (SSSR count). The van der Waals surface area contributed by atoms with Crippen LogP contribution in [0.15, 0.2) is 12.1 Å². The van der Waals surface area contributed by atoms with Crippen LogP contribution in [-0.4, -0.2) is 30.6 Å². The summed E-state index contributed by atoms with van der Waals surface area (Å²) in [6, 6.07) is 2.15. The summed E-state index contributed by atoms with van der Waals surface area (Å²) in [6.07, 6.45) is 3.90. The van der Waals surface area contributed by atoms with Gasteiger partial charge in [0.1, 0.15) is 0 Å². The first-order valence-electron chi connectivity index (χ1n) is 7.39. The largest absolute Gasteiger partial charge is 0.452 e. The minimum atomic E-state index is -0.858. The molecule has 0 bridgehead atoms. The van der Waals surface area contributed by atoms with Crippen molar-refractivity contribution in [3.8, 4) is 0 Å². The van der Waals surface area contributed by atoms with Gasteiger partial charge in [-0.1, -0.05) is 36.0 Å². The summed E-state index contributed by atoms with van der Waals surface area (Å²) < 4.78 is 4.82. The zero-order chi connectivity index (χ0) is 17.7. The van der Waals surface area contributed by atoms with Crippen LogP contribution in [-0.2, 0) is 9.53 Å². The molecule has 1 fully saturated rings. The summed E-state index contributed by atoms with van der Waals surface area (Å²) >= 11 is 11.6. The first-order chi connectivity index (χ1) is 11.4. The lowest BCUT2D eigenvalue weighted by atomic mass is 10.2. The van der Waals surface area contributed by atoms with Gasteiger partial charge in [0.2, 0.25) is 0 Å². The van der Waals surface area contributed by atoms with Crippen LogP contribution in [0.3, 0.4) is 0 Å². The number of halogens is 2. The van der Waals surface area contributed by atoms with Crippen LogP contribution in [0.4, 0.5) is 10.5 Å². The quantitative estimate of drug-likeness (QED) is 0.554. The van der Waals surface area contributed by atoms with Crippen molar-refractivity contribution in [3.63, 3.8) is 0 Å². The number of carbonyl (C=O) groups excluding carboxylic acids is 3. The van der Waals surface area contributed by atoms with Crippen molar-refractivity contribution in [3.05, 3.63) is 27.7 Å². The average Bonchev–Trinajstić information content (AvgIpc) is 3.01. The van der Waals surface area contributed by atoms with Crippen molar-refractivity contribution in [1.82, 2.24) is 10.6 Å². The Hall–Kier alpha value is -1.99. The average molecular weight is 374 g/mol. The highest BCUT2D eigenvalue weighted by molar-refractivity contribution is 6.37. The summed E-state index contributed by atoms with van der Waals surface area (Å²) in [4.78, 5) is 35.2. The van der Waals surface area contributed by atoms with E-state index in [0.717, 1.165) is 25.7 Å². The van der Waals surface area contributed by atoms with E-state index in [9.17, 15) is 14.4 Å². The van der Waals surface area contributed by atoms with Crippen molar-refractivity contribution in [2.45, 2.75) is 31.7 Å². The van der Waals surface area contributed by atoms with E-state index in [1.807, 2.05) is 0 Å². The molecule has 0 aromatic heterocycles. The van der Waals surface area contributed by atoms with E-state index in [2.05, 4.69) is 10.6 Å². The lowest BCUT2D eigenvalue weighted by molar-refractivity contribution is -0.123. The molecule has 0 atom stereocenters. The van der Waals surface area contributed by atoms with E-state index in [-0.39, 0.29) is 27.3 Å². The lowest BCUT2D eigenvalue weighted by Gasteiger charge is -2.12.